The van der Waals surface area contributed by atoms with E-state index >= 15 is 4.39 Å². The van der Waals surface area contributed by atoms with Gasteiger partial charge >= 0.3 is 0 Å². The number of anilines is 1. The van der Waals surface area contributed by atoms with Crippen molar-refractivity contribution in [3.8, 4) is 11.3 Å². The fourth-order valence-electron chi connectivity index (χ4n) is 6.55. The largest absolute Gasteiger partial charge is 0.370 e. The third-order valence-electron chi connectivity index (χ3n) is 8.80. The maximum Gasteiger partial charge on any atom is 0.273 e. The summed E-state index contributed by atoms with van der Waals surface area (Å²) in [5.74, 6) is -0.116. The molecule has 4 aromatic rings. The van der Waals surface area contributed by atoms with Crippen LogP contribution in [0.5, 0.6) is 0 Å². The molecule has 4 heterocycles. The maximum absolute atomic E-state index is 15.6. The van der Waals surface area contributed by atoms with E-state index in [4.69, 9.17) is 10.1 Å². The first-order valence-electron chi connectivity index (χ1n) is 14.8. The summed E-state index contributed by atoms with van der Waals surface area (Å²) < 4.78 is 29.5. The van der Waals surface area contributed by atoms with Gasteiger partial charge in [0.25, 0.3) is 5.91 Å². The molecule has 1 N–H and O–H groups in total. The van der Waals surface area contributed by atoms with Gasteiger partial charge in [0.15, 0.2) is 5.65 Å². The van der Waals surface area contributed by atoms with E-state index in [1.165, 1.54) is 11.1 Å². The van der Waals surface area contributed by atoms with Crippen molar-refractivity contribution in [2.45, 2.75) is 50.6 Å². The summed E-state index contributed by atoms with van der Waals surface area (Å²) >= 11 is 0. The number of fused-ring (bicyclic) bond motifs is 2. The molecule has 0 radical (unpaired) electrons. The lowest BCUT2D eigenvalue weighted by atomic mass is 9.93. The number of aromatic nitrogens is 3. The topological polar surface area (TPSA) is 82.8 Å². The van der Waals surface area contributed by atoms with Gasteiger partial charge in [0.05, 0.1) is 11.7 Å². The lowest BCUT2D eigenvalue weighted by molar-refractivity contribution is 0.0671. The Morgan fingerprint density at radius 2 is 1.86 bits per heavy atom. The number of amides is 1. The third kappa shape index (κ3) is 5.13. The normalized spacial score (nSPS) is 20.8. The van der Waals surface area contributed by atoms with E-state index in [0.717, 1.165) is 43.6 Å². The van der Waals surface area contributed by atoms with Crippen LogP contribution in [-0.4, -0.2) is 64.4 Å². The van der Waals surface area contributed by atoms with Crippen molar-refractivity contribution < 1.29 is 13.8 Å². The second kappa shape index (κ2) is 10.3. The Balaban J connectivity index is 1.17. The second-order valence-electron chi connectivity index (χ2n) is 12.3. The van der Waals surface area contributed by atoms with Crippen LogP contribution in [0.3, 0.4) is 0 Å². The fraction of sp³-hybridized carbons (Fsp3) is 0.406. The van der Waals surface area contributed by atoms with E-state index in [1.54, 1.807) is 36.0 Å². The number of carbonyl (C=O) groups excluding carboxylic acids is 1. The van der Waals surface area contributed by atoms with Crippen molar-refractivity contribution in [1.82, 2.24) is 24.6 Å². The molecule has 2 aliphatic heterocycles. The van der Waals surface area contributed by atoms with Crippen molar-refractivity contribution in [3.63, 3.8) is 0 Å². The van der Waals surface area contributed by atoms with Crippen molar-refractivity contribution in [2.75, 3.05) is 37.9 Å². The molecule has 1 amide bonds. The number of hydrogen-bond acceptors (Lipinski definition) is 5. The van der Waals surface area contributed by atoms with Crippen LogP contribution in [0, 0.1) is 5.82 Å². The minimum Gasteiger partial charge on any atom is -0.370 e. The number of carbonyl (C=O) groups is 1. The molecule has 1 aliphatic carbocycles. The number of benzene rings is 2. The average Bonchev–Trinajstić information content (AvgIpc) is 3.55. The van der Waals surface area contributed by atoms with E-state index < -0.39 is 7.29 Å². The van der Waals surface area contributed by atoms with Gasteiger partial charge in [-0.15, -0.1) is 0 Å². The molecular formula is C32H36FN6O2P. The van der Waals surface area contributed by atoms with Gasteiger partial charge in [0, 0.05) is 67.9 Å². The zero-order chi connectivity index (χ0) is 29.2. The Morgan fingerprint density at radius 3 is 2.62 bits per heavy atom. The van der Waals surface area contributed by atoms with Crippen LogP contribution in [0.2, 0.25) is 0 Å². The molecule has 0 bridgehead atoms. The first-order valence-corrected chi connectivity index (χ1v) is 17.4. The number of rotatable bonds is 6. The van der Waals surface area contributed by atoms with Gasteiger partial charge in [0.1, 0.15) is 18.8 Å². The first kappa shape index (κ1) is 27.3. The molecule has 0 spiro atoms. The quantitative estimate of drug-likeness (QED) is 0.284. The number of hydrogen-bond donors (Lipinski definition) is 1. The predicted octanol–water partition coefficient (Wildman–Crippen LogP) is 5.88. The Bertz CT molecular complexity index is 1740. The molecule has 8 nitrogen and oxygen atoms in total. The zero-order valence-corrected chi connectivity index (χ0v) is 25.2. The second-order valence-corrected chi connectivity index (χ2v) is 15.3. The van der Waals surface area contributed by atoms with Crippen LogP contribution < -0.4 is 9.99 Å². The summed E-state index contributed by atoms with van der Waals surface area (Å²) in [6.07, 6.45) is 3.76. The molecule has 1 saturated heterocycles. The Kier molecular flexibility index (Phi) is 6.70. The zero-order valence-electron chi connectivity index (χ0n) is 24.3. The monoisotopic (exact) mass is 586 g/mol. The first-order chi connectivity index (χ1) is 20.1. The molecule has 2 aromatic heterocycles. The van der Waals surface area contributed by atoms with E-state index in [1.807, 2.05) is 29.2 Å². The van der Waals surface area contributed by atoms with Crippen LogP contribution in [0.15, 0.2) is 54.6 Å². The summed E-state index contributed by atoms with van der Waals surface area (Å²) in [7, 11) is -2.34. The Labute approximate surface area is 245 Å². The molecule has 3 aliphatic rings. The lowest BCUT2D eigenvalue weighted by Gasteiger charge is -2.35. The number of nitrogens with one attached hydrogen (secondary N) is 1. The minimum absolute atomic E-state index is 0.0342. The van der Waals surface area contributed by atoms with Crippen LogP contribution in [0.1, 0.15) is 65.5 Å². The molecule has 42 heavy (non-hydrogen) atoms. The molecule has 218 valence electrons. The predicted molar refractivity (Wildman–Crippen MR) is 163 cm³/mol. The highest BCUT2D eigenvalue weighted by molar-refractivity contribution is 7.60. The molecule has 1 saturated carbocycles. The standard InChI is InChI=1S/C32H36FN6O2P/c1-20-25-7-5-4-6-21(25)12-15-38(20)32(40)29-17-30(22-8-9-22)39-31(34-29)18-28(35-39)26-11-10-24(16-27(26)33)37-14-13-23(19-37)36-42(2,3)41/h4-7,10-11,16-18,20,22-23H,8-9,12-15,19H2,1-3H3,(H,36,41)/t20-,23?/m1/s1. The van der Waals surface area contributed by atoms with E-state index in [9.17, 15) is 9.36 Å². The highest BCUT2D eigenvalue weighted by Crippen LogP contribution is 2.41. The molecule has 2 fully saturated rings. The Morgan fingerprint density at radius 1 is 1.05 bits per heavy atom. The van der Waals surface area contributed by atoms with E-state index in [2.05, 4.69) is 29.0 Å². The molecule has 2 aromatic carbocycles. The van der Waals surface area contributed by atoms with Crippen LogP contribution in [-0.2, 0) is 11.0 Å². The Hall–Kier alpha value is -3.55. The van der Waals surface area contributed by atoms with Crippen molar-refractivity contribution in [2.24, 2.45) is 0 Å². The highest BCUT2D eigenvalue weighted by Gasteiger charge is 2.33. The molecule has 2 atom stereocenters. The van der Waals surface area contributed by atoms with Crippen LogP contribution in [0.25, 0.3) is 16.9 Å². The molecule has 7 rings (SSSR count). The number of nitrogens with zero attached hydrogens (tertiary/aromatic N) is 5. The van der Waals surface area contributed by atoms with Crippen LogP contribution in [0.4, 0.5) is 10.1 Å². The summed E-state index contributed by atoms with van der Waals surface area (Å²) in [5.41, 5.74) is 6.10. The van der Waals surface area contributed by atoms with Gasteiger partial charge in [0.2, 0.25) is 0 Å². The van der Waals surface area contributed by atoms with Crippen molar-refractivity contribution in [3.05, 3.63) is 82.9 Å². The third-order valence-corrected chi connectivity index (χ3v) is 9.79. The van der Waals surface area contributed by atoms with Gasteiger partial charge in [-0.1, -0.05) is 24.3 Å². The van der Waals surface area contributed by atoms with E-state index in [0.29, 0.717) is 41.6 Å². The van der Waals surface area contributed by atoms with Crippen molar-refractivity contribution >= 4 is 24.5 Å². The maximum atomic E-state index is 15.6. The fourth-order valence-corrected chi connectivity index (χ4v) is 7.64. The molecular weight excluding hydrogens is 550 g/mol. The summed E-state index contributed by atoms with van der Waals surface area (Å²) in [6, 6.07) is 17.3. The van der Waals surface area contributed by atoms with Gasteiger partial charge in [-0.05, 0) is 68.0 Å². The van der Waals surface area contributed by atoms with Gasteiger partial charge in [-0.25, -0.2) is 13.9 Å². The van der Waals surface area contributed by atoms with Crippen molar-refractivity contribution in [1.29, 1.82) is 0 Å². The molecule has 10 heteroatoms. The smallest absolute Gasteiger partial charge is 0.273 e. The summed E-state index contributed by atoms with van der Waals surface area (Å²) in [6.45, 7) is 7.64. The van der Waals surface area contributed by atoms with Gasteiger partial charge < -0.3 is 14.4 Å². The van der Waals surface area contributed by atoms with Gasteiger partial charge in [-0.3, -0.25) is 9.88 Å². The average molecular weight is 587 g/mol. The van der Waals surface area contributed by atoms with E-state index in [-0.39, 0.29) is 23.8 Å². The lowest BCUT2D eigenvalue weighted by Crippen LogP contribution is -2.39. The number of halogens is 1. The summed E-state index contributed by atoms with van der Waals surface area (Å²) in [5, 5.41) is 7.99. The molecule has 1 unspecified atom stereocenters. The summed E-state index contributed by atoms with van der Waals surface area (Å²) in [4.78, 5) is 22.6. The van der Waals surface area contributed by atoms with Crippen LogP contribution >= 0.6 is 7.29 Å². The van der Waals surface area contributed by atoms with Gasteiger partial charge in [-0.2, -0.15) is 5.10 Å². The SMILES string of the molecule is C[C@@H]1c2ccccc2CCN1C(=O)c1cc(C2CC2)n2nc(-c3ccc(N4CCC(NP(C)(C)=O)C4)cc3F)cc2n1. The minimum atomic E-state index is -2.34. The highest BCUT2D eigenvalue weighted by atomic mass is 31.2.